The first-order valence-electron chi connectivity index (χ1n) is 5.67. The predicted octanol–water partition coefficient (Wildman–Crippen LogP) is -2.24. The van der Waals surface area contributed by atoms with Crippen LogP contribution in [0.1, 0.15) is 0 Å². The van der Waals surface area contributed by atoms with E-state index in [1.54, 1.807) is 0 Å². The van der Waals surface area contributed by atoms with E-state index in [9.17, 15) is 9.59 Å². The van der Waals surface area contributed by atoms with E-state index < -0.39 is 0 Å². The van der Waals surface area contributed by atoms with Crippen molar-refractivity contribution in [2.75, 3.05) is 45.8 Å². The lowest BCUT2D eigenvalue weighted by Crippen LogP contribution is -2.60. The summed E-state index contributed by atoms with van der Waals surface area (Å²) in [4.78, 5) is 26.2. The number of hydrogen-bond donors (Lipinski definition) is 2. The van der Waals surface area contributed by atoms with E-state index in [1.165, 1.54) is 4.90 Å². The molecule has 1 unspecified atom stereocenters. The molecule has 0 aliphatic carbocycles. The van der Waals surface area contributed by atoms with E-state index in [4.69, 9.17) is 0 Å². The first-order valence-corrected chi connectivity index (χ1v) is 5.67. The van der Waals surface area contributed by atoms with Crippen LogP contribution in [0.25, 0.3) is 0 Å². The quantitative estimate of drug-likeness (QED) is 0.558. The number of rotatable bonds is 2. The predicted molar refractivity (Wildman–Crippen MR) is 58.5 cm³/mol. The Kier molecular flexibility index (Phi) is 3.74. The van der Waals surface area contributed by atoms with Crippen molar-refractivity contribution in [1.82, 2.24) is 20.4 Å². The maximum absolute atomic E-state index is 12.2. The molecule has 6 heteroatoms. The highest BCUT2D eigenvalue weighted by Gasteiger charge is 2.31. The molecule has 16 heavy (non-hydrogen) atoms. The van der Waals surface area contributed by atoms with Crippen LogP contribution in [-0.2, 0) is 9.59 Å². The molecule has 0 spiro atoms. The molecule has 0 aromatic carbocycles. The minimum atomic E-state index is -0.371. The third-order valence-electron chi connectivity index (χ3n) is 3.07. The van der Waals surface area contributed by atoms with Crippen LogP contribution < -0.4 is 10.6 Å². The molecule has 1 atom stereocenters. The highest BCUT2D eigenvalue weighted by Crippen LogP contribution is 2.06. The van der Waals surface area contributed by atoms with Gasteiger partial charge in [-0.25, -0.2) is 0 Å². The van der Waals surface area contributed by atoms with Gasteiger partial charge in [0.1, 0.15) is 6.04 Å². The van der Waals surface area contributed by atoms with Crippen molar-refractivity contribution in [3.8, 4) is 0 Å². The van der Waals surface area contributed by atoms with E-state index in [-0.39, 0.29) is 11.9 Å². The van der Waals surface area contributed by atoms with Gasteiger partial charge in [0.25, 0.3) is 0 Å². The minimum absolute atomic E-state index is 0.0389. The maximum Gasteiger partial charge on any atom is 0.312 e. The SMILES string of the molecule is O=[C]N1CCNCC1C(=O)N1CCNCC1. The molecule has 6 nitrogen and oxygen atoms in total. The Labute approximate surface area is 95.0 Å². The molecule has 2 N–H and O–H groups in total. The molecule has 0 bridgehead atoms. The lowest BCUT2D eigenvalue weighted by atomic mass is 10.1. The first-order chi connectivity index (χ1) is 7.83. The van der Waals surface area contributed by atoms with Gasteiger partial charge in [-0.1, -0.05) is 0 Å². The topological polar surface area (TPSA) is 64.7 Å². The summed E-state index contributed by atoms with van der Waals surface area (Å²) in [5, 5.41) is 6.33. The Hall–Kier alpha value is -1.14. The summed E-state index contributed by atoms with van der Waals surface area (Å²) in [6.07, 6.45) is 1.85. The average Bonchev–Trinajstić information content (AvgIpc) is 2.39. The van der Waals surface area contributed by atoms with Crippen molar-refractivity contribution in [2.24, 2.45) is 0 Å². The van der Waals surface area contributed by atoms with Crippen molar-refractivity contribution >= 4 is 12.3 Å². The van der Waals surface area contributed by atoms with Crippen LogP contribution in [0.15, 0.2) is 0 Å². The second-order valence-electron chi connectivity index (χ2n) is 4.08. The number of amides is 2. The van der Waals surface area contributed by atoms with Crippen molar-refractivity contribution in [3.05, 3.63) is 0 Å². The van der Waals surface area contributed by atoms with Gasteiger partial charge in [0, 0.05) is 45.8 Å². The molecule has 2 rings (SSSR count). The average molecular weight is 225 g/mol. The molecule has 2 saturated heterocycles. The van der Waals surface area contributed by atoms with Crippen LogP contribution in [0.4, 0.5) is 0 Å². The van der Waals surface area contributed by atoms with Gasteiger partial charge < -0.3 is 20.4 Å². The van der Waals surface area contributed by atoms with E-state index in [0.29, 0.717) is 13.1 Å². The summed E-state index contributed by atoms with van der Waals surface area (Å²) in [6, 6.07) is -0.371. The number of carbonyl (C=O) groups is 1. The highest BCUT2D eigenvalue weighted by atomic mass is 16.2. The summed E-state index contributed by atoms with van der Waals surface area (Å²) in [7, 11) is 0. The fourth-order valence-corrected chi connectivity index (χ4v) is 2.13. The molecule has 2 fully saturated rings. The van der Waals surface area contributed by atoms with Gasteiger partial charge >= 0.3 is 6.41 Å². The normalized spacial score (nSPS) is 26.6. The molecule has 0 aromatic rings. The molecule has 2 amide bonds. The summed E-state index contributed by atoms with van der Waals surface area (Å²) in [6.45, 7) is 4.95. The van der Waals surface area contributed by atoms with E-state index in [0.717, 1.165) is 32.7 Å². The lowest BCUT2D eigenvalue weighted by molar-refractivity contribution is -0.136. The van der Waals surface area contributed by atoms with Crippen LogP contribution >= 0.6 is 0 Å². The van der Waals surface area contributed by atoms with Crippen LogP contribution in [0.3, 0.4) is 0 Å². The number of nitrogens with zero attached hydrogens (tertiary/aromatic N) is 2. The molecule has 0 saturated carbocycles. The molecule has 2 heterocycles. The molecule has 89 valence electrons. The zero-order chi connectivity index (χ0) is 11.4. The van der Waals surface area contributed by atoms with Crippen molar-refractivity contribution in [3.63, 3.8) is 0 Å². The van der Waals surface area contributed by atoms with Gasteiger partial charge in [0.15, 0.2) is 0 Å². The van der Waals surface area contributed by atoms with E-state index in [1.807, 2.05) is 11.3 Å². The Bertz CT molecular complexity index is 266. The van der Waals surface area contributed by atoms with Crippen molar-refractivity contribution < 1.29 is 9.59 Å². The maximum atomic E-state index is 12.2. The summed E-state index contributed by atoms with van der Waals surface area (Å²) in [5.74, 6) is 0.0389. The minimum Gasteiger partial charge on any atom is -0.338 e. The molecule has 2 aliphatic heterocycles. The zero-order valence-electron chi connectivity index (χ0n) is 9.24. The Morgan fingerprint density at radius 3 is 2.50 bits per heavy atom. The van der Waals surface area contributed by atoms with Gasteiger partial charge in [-0.2, -0.15) is 0 Å². The van der Waals surface area contributed by atoms with Gasteiger partial charge in [-0.15, -0.1) is 0 Å². The summed E-state index contributed by atoms with van der Waals surface area (Å²) >= 11 is 0. The van der Waals surface area contributed by atoms with Crippen molar-refractivity contribution in [1.29, 1.82) is 0 Å². The number of nitrogens with one attached hydrogen (secondary N) is 2. The van der Waals surface area contributed by atoms with E-state index in [2.05, 4.69) is 10.6 Å². The van der Waals surface area contributed by atoms with Crippen LogP contribution in [-0.4, -0.2) is 74.0 Å². The molecule has 0 aromatic heterocycles. The smallest absolute Gasteiger partial charge is 0.312 e. The number of carbonyl (C=O) groups excluding carboxylic acids is 2. The molecular weight excluding hydrogens is 208 g/mol. The number of piperazine rings is 2. The molecule has 2 aliphatic rings. The van der Waals surface area contributed by atoms with Crippen LogP contribution in [0.2, 0.25) is 0 Å². The lowest BCUT2D eigenvalue weighted by Gasteiger charge is -2.36. The monoisotopic (exact) mass is 225 g/mol. The van der Waals surface area contributed by atoms with Crippen LogP contribution in [0, 0.1) is 0 Å². The Morgan fingerprint density at radius 1 is 1.12 bits per heavy atom. The zero-order valence-corrected chi connectivity index (χ0v) is 9.24. The largest absolute Gasteiger partial charge is 0.338 e. The third-order valence-corrected chi connectivity index (χ3v) is 3.07. The summed E-state index contributed by atoms with van der Waals surface area (Å²) < 4.78 is 0. The second kappa shape index (κ2) is 5.27. The Morgan fingerprint density at radius 2 is 1.81 bits per heavy atom. The van der Waals surface area contributed by atoms with Gasteiger partial charge in [-0.05, 0) is 0 Å². The number of hydrogen-bond acceptors (Lipinski definition) is 4. The Balaban J connectivity index is 1.97. The second-order valence-corrected chi connectivity index (χ2v) is 4.08. The molecular formula is C10H17N4O2. The van der Waals surface area contributed by atoms with Gasteiger partial charge in [-0.3, -0.25) is 9.59 Å². The van der Waals surface area contributed by atoms with Crippen molar-refractivity contribution in [2.45, 2.75) is 6.04 Å². The fraction of sp³-hybridized carbons (Fsp3) is 0.800. The fourth-order valence-electron chi connectivity index (χ4n) is 2.13. The van der Waals surface area contributed by atoms with E-state index >= 15 is 0 Å². The highest BCUT2D eigenvalue weighted by molar-refractivity contribution is 5.84. The first kappa shape index (κ1) is 11.3. The third kappa shape index (κ3) is 2.33. The van der Waals surface area contributed by atoms with Crippen LogP contribution in [0.5, 0.6) is 0 Å². The summed E-state index contributed by atoms with van der Waals surface area (Å²) in [5.41, 5.74) is 0. The van der Waals surface area contributed by atoms with Gasteiger partial charge in [0.05, 0.1) is 0 Å². The molecule has 1 radical (unpaired) electrons. The standard InChI is InChI=1S/C10H17N4O2/c15-8-14-6-3-12-7-9(14)10(16)13-4-1-11-2-5-13/h9,11-12H,1-7H2. The van der Waals surface area contributed by atoms with Gasteiger partial charge in [0.2, 0.25) is 5.91 Å².